The Bertz CT molecular complexity index is 579. The van der Waals surface area contributed by atoms with Crippen molar-refractivity contribution in [3.8, 4) is 0 Å². The van der Waals surface area contributed by atoms with E-state index < -0.39 is 0 Å². The van der Waals surface area contributed by atoms with E-state index in [0.717, 1.165) is 29.5 Å². The molecule has 0 saturated carbocycles. The average molecular weight is 269 g/mol. The van der Waals surface area contributed by atoms with Gasteiger partial charge in [-0.2, -0.15) is 0 Å². The Morgan fingerprint density at radius 2 is 2.10 bits per heavy atom. The van der Waals surface area contributed by atoms with Gasteiger partial charge < -0.3 is 4.74 Å². The van der Waals surface area contributed by atoms with Crippen molar-refractivity contribution in [2.45, 2.75) is 26.7 Å². The predicted molar refractivity (Wildman–Crippen MR) is 78.8 cm³/mol. The summed E-state index contributed by atoms with van der Waals surface area (Å²) in [6.45, 7) is 4.32. The predicted octanol–water partition coefficient (Wildman–Crippen LogP) is 3.49. The third kappa shape index (κ3) is 3.92. The fraction of sp³-hybridized carbons (Fsp3) is 0.294. The third-order valence-corrected chi connectivity index (χ3v) is 3.18. The first-order valence-electron chi connectivity index (χ1n) is 6.80. The van der Waals surface area contributed by atoms with Gasteiger partial charge in [0.15, 0.2) is 0 Å². The standard InChI is InChI=1S/C17H19NO2/c1-13-7-8-14(2)16(11-13)17(19)20-10-4-6-15-5-3-9-18-12-15/h3,5,7-9,11-12H,4,6,10H2,1-2H3. The van der Waals surface area contributed by atoms with Crippen LogP contribution in [0.3, 0.4) is 0 Å². The quantitative estimate of drug-likeness (QED) is 0.616. The average Bonchev–Trinajstić information content (AvgIpc) is 2.47. The molecule has 0 saturated heterocycles. The molecule has 0 aliphatic heterocycles. The highest BCUT2D eigenvalue weighted by Crippen LogP contribution is 2.12. The van der Waals surface area contributed by atoms with E-state index in [9.17, 15) is 4.79 Å². The van der Waals surface area contributed by atoms with Gasteiger partial charge in [-0.3, -0.25) is 4.98 Å². The Balaban J connectivity index is 1.82. The molecule has 0 radical (unpaired) electrons. The van der Waals surface area contributed by atoms with E-state index in [4.69, 9.17) is 4.74 Å². The van der Waals surface area contributed by atoms with E-state index in [0.29, 0.717) is 12.2 Å². The molecule has 3 nitrogen and oxygen atoms in total. The van der Waals surface area contributed by atoms with Crippen molar-refractivity contribution in [3.63, 3.8) is 0 Å². The Hall–Kier alpha value is -2.16. The van der Waals surface area contributed by atoms with Crippen LogP contribution in [0, 0.1) is 13.8 Å². The van der Waals surface area contributed by atoms with Crippen molar-refractivity contribution in [2.75, 3.05) is 6.61 Å². The second-order valence-electron chi connectivity index (χ2n) is 4.92. The molecule has 0 N–H and O–H groups in total. The van der Waals surface area contributed by atoms with Crippen LogP contribution in [0.2, 0.25) is 0 Å². The lowest BCUT2D eigenvalue weighted by molar-refractivity contribution is 0.0499. The van der Waals surface area contributed by atoms with Crippen LogP contribution in [0.4, 0.5) is 0 Å². The number of ether oxygens (including phenoxy) is 1. The van der Waals surface area contributed by atoms with Gasteiger partial charge in [-0.05, 0) is 49.9 Å². The number of carbonyl (C=O) groups excluding carboxylic acids is 1. The first-order chi connectivity index (χ1) is 9.66. The minimum Gasteiger partial charge on any atom is -0.462 e. The molecule has 0 spiro atoms. The number of pyridine rings is 1. The molecule has 0 aliphatic carbocycles. The van der Waals surface area contributed by atoms with E-state index >= 15 is 0 Å². The van der Waals surface area contributed by atoms with Crippen molar-refractivity contribution >= 4 is 5.97 Å². The fourth-order valence-electron chi connectivity index (χ4n) is 2.02. The maximum Gasteiger partial charge on any atom is 0.338 e. The first kappa shape index (κ1) is 14.3. The number of carbonyl (C=O) groups is 1. The topological polar surface area (TPSA) is 39.2 Å². The summed E-state index contributed by atoms with van der Waals surface area (Å²) in [6.07, 6.45) is 5.27. The molecule has 3 heteroatoms. The molecule has 0 atom stereocenters. The molecule has 104 valence electrons. The van der Waals surface area contributed by atoms with Gasteiger partial charge in [-0.15, -0.1) is 0 Å². The Kier molecular flexibility index (Phi) is 4.88. The van der Waals surface area contributed by atoms with Crippen LogP contribution in [-0.4, -0.2) is 17.6 Å². The van der Waals surface area contributed by atoms with Crippen molar-refractivity contribution in [2.24, 2.45) is 0 Å². The molecule has 1 heterocycles. The largest absolute Gasteiger partial charge is 0.462 e. The van der Waals surface area contributed by atoms with Gasteiger partial charge in [0, 0.05) is 12.4 Å². The number of hydrogen-bond donors (Lipinski definition) is 0. The van der Waals surface area contributed by atoms with Gasteiger partial charge in [-0.1, -0.05) is 23.8 Å². The van der Waals surface area contributed by atoms with Crippen LogP contribution >= 0.6 is 0 Å². The Labute approximate surface area is 119 Å². The summed E-state index contributed by atoms with van der Waals surface area (Å²) in [5.74, 6) is -0.239. The number of esters is 1. The smallest absolute Gasteiger partial charge is 0.338 e. The summed E-state index contributed by atoms with van der Waals surface area (Å²) in [4.78, 5) is 16.1. The van der Waals surface area contributed by atoms with Crippen LogP contribution in [0.5, 0.6) is 0 Å². The molecule has 1 aromatic carbocycles. The number of rotatable bonds is 5. The number of nitrogens with zero attached hydrogens (tertiary/aromatic N) is 1. The Morgan fingerprint density at radius 1 is 1.25 bits per heavy atom. The summed E-state index contributed by atoms with van der Waals surface area (Å²) < 4.78 is 5.33. The summed E-state index contributed by atoms with van der Waals surface area (Å²) in [5, 5.41) is 0. The third-order valence-electron chi connectivity index (χ3n) is 3.18. The molecule has 1 aromatic heterocycles. The van der Waals surface area contributed by atoms with Gasteiger partial charge in [0.2, 0.25) is 0 Å². The van der Waals surface area contributed by atoms with Crippen molar-refractivity contribution in [1.82, 2.24) is 4.98 Å². The SMILES string of the molecule is Cc1ccc(C)c(C(=O)OCCCc2cccnc2)c1. The van der Waals surface area contributed by atoms with Crippen molar-refractivity contribution in [1.29, 1.82) is 0 Å². The molecule has 0 fully saturated rings. The first-order valence-corrected chi connectivity index (χ1v) is 6.80. The number of aryl methyl sites for hydroxylation is 3. The van der Waals surface area contributed by atoms with Crippen LogP contribution in [0.25, 0.3) is 0 Å². The molecule has 0 aliphatic rings. The molecular weight excluding hydrogens is 250 g/mol. The van der Waals surface area contributed by atoms with Crippen LogP contribution in [-0.2, 0) is 11.2 Å². The van der Waals surface area contributed by atoms with E-state index in [1.165, 1.54) is 0 Å². The zero-order valence-electron chi connectivity index (χ0n) is 11.9. The van der Waals surface area contributed by atoms with E-state index in [1.807, 2.05) is 50.4 Å². The van der Waals surface area contributed by atoms with Gasteiger partial charge >= 0.3 is 5.97 Å². The van der Waals surface area contributed by atoms with Crippen molar-refractivity contribution < 1.29 is 9.53 Å². The monoisotopic (exact) mass is 269 g/mol. The Morgan fingerprint density at radius 3 is 2.85 bits per heavy atom. The zero-order valence-corrected chi connectivity index (χ0v) is 11.9. The lowest BCUT2D eigenvalue weighted by Gasteiger charge is -2.08. The van der Waals surface area contributed by atoms with Crippen LogP contribution in [0.1, 0.15) is 33.5 Å². The second-order valence-corrected chi connectivity index (χ2v) is 4.92. The fourth-order valence-corrected chi connectivity index (χ4v) is 2.02. The second kappa shape index (κ2) is 6.85. The maximum absolute atomic E-state index is 12.0. The molecule has 2 aromatic rings. The number of hydrogen-bond acceptors (Lipinski definition) is 3. The number of aromatic nitrogens is 1. The molecule has 20 heavy (non-hydrogen) atoms. The molecule has 0 bridgehead atoms. The zero-order chi connectivity index (χ0) is 14.4. The van der Waals surface area contributed by atoms with Gasteiger partial charge in [0.25, 0.3) is 0 Å². The van der Waals surface area contributed by atoms with E-state index in [1.54, 1.807) is 6.20 Å². The molecular formula is C17H19NO2. The van der Waals surface area contributed by atoms with Gasteiger partial charge in [-0.25, -0.2) is 4.79 Å². The van der Waals surface area contributed by atoms with E-state index in [2.05, 4.69) is 4.98 Å². The van der Waals surface area contributed by atoms with Gasteiger partial charge in [0.05, 0.1) is 12.2 Å². The summed E-state index contributed by atoms with van der Waals surface area (Å²) in [6, 6.07) is 9.76. The highest BCUT2D eigenvalue weighted by atomic mass is 16.5. The highest BCUT2D eigenvalue weighted by Gasteiger charge is 2.10. The lowest BCUT2D eigenvalue weighted by atomic mass is 10.1. The minimum atomic E-state index is -0.239. The highest BCUT2D eigenvalue weighted by molar-refractivity contribution is 5.91. The van der Waals surface area contributed by atoms with Crippen molar-refractivity contribution in [3.05, 3.63) is 65.0 Å². The van der Waals surface area contributed by atoms with Gasteiger partial charge in [0.1, 0.15) is 0 Å². The molecule has 0 amide bonds. The lowest BCUT2D eigenvalue weighted by Crippen LogP contribution is -2.09. The summed E-state index contributed by atoms with van der Waals surface area (Å²) in [7, 11) is 0. The minimum absolute atomic E-state index is 0.239. The number of benzene rings is 1. The van der Waals surface area contributed by atoms with Crippen LogP contribution < -0.4 is 0 Å². The molecule has 2 rings (SSSR count). The summed E-state index contributed by atoms with van der Waals surface area (Å²) in [5.41, 5.74) is 3.84. The van der Waals surface area contributed by atoms with Crippen LogP contribution in [0.15, 0.2) is 42.7 Å². The van der Waals surface area contributed by atoms with E-state index in [-0.39, 0.29) is 5.97 Å². The molecule has 0 unspecified atom stereocenters. The summed E-state index contributed by atoms with van der Waals surface area (Å²) >= 11 is 0. The normalized spacial score (nSPS) is 10.3. The maximum atomic E-state index is 12.0.